The van der Waals surface area contributed by atoms with Crippen molar-refractivity contribution in [1.82, 2.24) is 5.32 Å². The van der Waals surface area contributed by atoms with E-state index in [0.717, 1.165) is 12.8 Å². The van der Waals surface area contributed by atoms with Gasteiger partial charge in [0.05, 0.1) is 18.7 Å². The molecular formula is C16H19ClN2O6. The molecule has 1 saturated carbocycles. The highest BCUT2D eigenvalue weighted by molar-refractivity contribution is 6.32. The lowest BCUT2D eigenvalue weighted by Gasteiger charge is -2.13. The number of hydrogen-bond donors (Lipinski definition) is 2. The van der Waals surface area contributed by atoms with Crippen molar-refractivity contribution < 1.29 is 28.6 Å². The van der Waals surface area contributed by atoms with Crippen LogP contribution in [0.4, 0.5) is 0 Å². The molecule has 136 valence electrons. The van der Waals surface area contributed by atoms with Crippen LogP contribution in [0.3, 0.4) is 0 Å². The summed E-state index contributed by atoms with van der Waals surface area (Å²) < 4.78 is 15.3. The molecule has 0 saturated heterocycles. The van der Waals surface area contributed by atoms with Gasteiger partial charge in [-0.3, -0.25) is 14.4 Å². The molecule has 1 aliphatic carbocycles. The van der Waals surface area contributed by atoms with Gasteiger partial charge in [0.25, 0.3) is 11.8 Å². The zero-order chi connectivity index (χ0) is 18.4. The van der Waals surface area contributed by atoms with Crippen LogP contribution in [-0.2, 0) is 14.3 Å². The van der Waals surface area contributed by atoms with E-state index in [0.29, 0.717) is 12.5 Å². The first kappa shape index (κ1) is 18.9. The summed E-state index contributed by atoms with van der Waals surface area (Å²) in [4.78, 5) is 34.5. The summed E-state index contributed by atoms with van der Waals surface area (Å²) in [7, 11) is 1.36. The maximum Gasteiger partial charge on any atom is 0.325 e. The lowest BCUT2D eigenvalue weighted by atomic mass is 10.2. The van der Waals surface area contributed by atoms with E-state index in [1.165, 1.54) is 19.2 Å². The van der Waals surface area contributed by atoms with Gasteiger partial charge in [-0.05, 0) is 30.9 Å². The first-order valence-corrected chi connectivity index (χ1v) is 8.01. The van der Waals surface area contributed by atoms with Gasteiger partial charge in [0.1, 0.15) is 6.54 Å². The van der Waals surface area contributed by atoms with Crippen molar-refractivity contribution in [3.8, 4) is 11.5 Å². The first-order valence-electron chi connectivity index (χ1n) is 7.63. The van der Waals surface area contributed by atoms with Gasteiger partial charge in [0.15, 0.2) is 18.1 Å². The Morgan fingerprint density at radius 2 is 2.04 bits per heavy atom. The fraction of sp³-hybridized carbons (Fsp3) is 0.438. The van der Waals surface area contributed by atoms with Crippen LogP contribution < -0.4 is 20.5 Å². The van der Waals surface area contributed by atoms with Gasteiger partial charge in [-0.15, -0.1) is 0 Å². The Labute approximate surface area is 149 Å². The molecule has 0 atom stereocenters. The Morgan fingerprint density at radius 1 is 1.32 bits per heavy atom. The van der Waals surface area contributed by atoms with Crippen LogP contribution in [0.1, 0.15) is 23.2 Å². The second-order valence-electron chi connectivity index (χ2n) is 5.55. The van der Waals surface area contributed by atoms with Crippen LogP contribution >= 0.6 is 11.6 Å². The third-order valence-corrected chi connectivity index (χ3v) is 3.70. The van der Waals surface area contributed by atoms with E-state index < -0.39 is 17.8 Å². The molecule has 2 amide bonds. The van der Waals surface area contributed by atoms with E-state index in [4.69, 9.17) is 31.5 Å². The summed E-state index contributed by atoms with van der Waals surface area (Å²) in [5.41, 5.74) is 5.19. The number of rotatable bonds is 9. The van der Waals surface area contributed by atoms with E-state index in [1.807, 2.05) is 0 Å². The molecule has 0 heterocycles. The number of ether oxygens (including phenoxy) is 3. The zero-order valence-corrected chi connectivity index (χ0v) is 14.4. The summed E-state index contributed by atoms with van der Waals surface area (Å²) in [5.74, 6) is -0.983. The molecule has 1 aromatic rings. The Kier molecular flexibility index (Phi) is 6.46. The van der Waals surface area contributed by atoms with Crippen LogP contribution in [0.5, 0.6) is 11.5 Å². The first-order chi connectivity index (χ1) is 11.9. The highest BCUT2D eigenvalue weighted by Crippen LogP contribution is 2.36. The smallest absolute Gasteiger partial charge is 0.325 e. The minimum atomic E-state index is -0.676. The van der Waals surface area contributed by atoms with Crippen LogP contribution in [0.2, 0.25) is 5.02 Å². The van der Waals surface area contributed by atoms with Gasteiger partial charge < -0.3 is 25.3 Å². The number of amides is 2. The maximum absolute atomic E-state index is 12.1. The number of carbonyl (C=O) groups excluding carboxylic acids is 3. The van der Waals surface area contributed by atoms with Gasteiger partial charge >= 0.3 is 5.97 Å². The number of halogens is 1. The lowest BCUT2D eigenvalue weighted by molar-refractivity contribution is -0.142. The third-order valence-electron chi connectivity index (χ3n) is 3.42. The lowest BCUT2D eigenvalue weighted by Crippen LogP contribution is -2.31. The molecule has 2 rings (SSSR count). The van der Waals surface area contributed by atoms with E-state index in [2.05, 4.69) is 5.32 Å². The highest BCUT2D eigenvalue weighted by atomic mass is 35.5. The predicted molar refractivity (Wildman–Crippen MR) is 88.7 cm³/mol. The summed E-state index contributed by atoms with van der Waals surface area (Å²) in [6, 6.07) is 2.72. The summed E-state index contributed by atoms with van der Waals surface area (Å²) in [5, 5.41) is 2.52. The van der Waals surface area contributed by atoms with E-state index >= 15 is 0 Å². The van der Waals surface area contributed by atoms with E-state index in [9.17, 15) is 14.4 Å². The molecule has 0 spiro atoms. The number of nitrogens with two attached hydrogens (primary N) is 1. The Bertz CT molecular complexity index is 675. The SMILES string of the molecule is COc1cc(C(=O)NCC(=O)OCC2CC2)cc(Cl)c1OCC(N)=O. The molecular weight excluding hydrogens is 352 g/mol. The molecule has 0 aromatic heterocycles. The standard InChI is InChI=1S/C16H19ClN2O6/c1-23-12-5-10(4-11(17)15(12)25-8-13(18)20)16(22)19-6-14(21)24-7-9-2-3-9/h4-5,9H,2-3,6-8H2,1H3,(H2,18,20)(H,19,22). The van der Waals surface area contributed by atoms with Crippen molar-refractivity contribution in [3.63, 3.8) is 0 Å². The number of methoxy groups -OCH3 is 1. The van der Waals surface area contributed by atoms with Crippen LogP contribution in [0.25, 0.3) is 0 Å². The molecule has 0 radical (unpaired) electrons. The van der Waals surface area contributed by atoms with Crippen molar-refractivity contribution in [2.45, 2.75) is 12.8 Å². The minimum absolute atomic E-state index is 0.0714. The van der Waals surface area contributed by atoms with Crippen molar-refractivity contribution in [1.29, 1.82) is 0 Å². The monoisotopic (exact) mass is 370 g/mol. The number of nitrogens with one attached hydrogen (secondary N) is 1. The fourth-order valence-corrected chi connectivity index (χ4v) is 2.20. The van der Waals surface area contributed by atoms with Crippen molar-refractivity contribution in [2.75, 3.05) is 26.9 Å². The molecule has 25 heavy (non-hydrogen) atoms. The molecule has 1 aliphatic rings. The Morgan fingerprint density at radius 3 is 2.64 bits per heavy atom. The summed E-state index contributed by atoms with van der Waals surface area (Å²) >= 11 is 6.07. The van der Waals surface area contributed by atoms with Crippen molar-refractivity contribution in [2.24, 2.45) is 11.7 Å². The number of hydrogen-bond acceptors (Lipinski definition) is 6. The molecule has 0 unspecified atom stereocenters. The van der Waals surface area contributed by atoms with Gasteiger partial charge in [0.2, 0.25) is 0 Å². The van der Waals surface area contributed by atoms with Gasteiger partial charge in [-0.2, -0.15) is 0 Å². The van der Waals surface area contributed by atoms with E-state index in [-0.39, 0.29) is 35.2 Å². The van der Waals surface area contributed by atoms with Crippen LogP contribution in [-0.4, -0.2) is 44.7 Å². The van der Waals surface area contributed by atoms with Gasteiger partial charge in [0, 0.05) is 5.56 Å². The van der Waals surface area contributed by atoms with Gasteiger partial charge in [-0.1, -0.05) is 11.6 Å². The highest BCUT2D eigenvalue weighted by Gasteiger charge is 2.23. The average molecular weight is 371 g/mol. The van der Waals surface area contributed by atoms with Crippen molar-refractivity contribution in [3.05, 3.63) is 22.7 Å². The second kappa shape index (κ2) is 8.57. The normalized spacial score (nSPS) is 13.0. The molecule has 9 heteroatoms. The van der Waals surface area contributed by atoms with Crippen LogP contribution in [0.15, 0.2) is 12.1 Å². The quantitative estimate of drug-likeness (QED) is 0.623. The molecule has 0 aliphatic heterocycles. The number of benzene rings is 1. The maximum atomic E-state index is 12.1. The largest absolute Gasteiger partial charge is 0.493 e. The molecule has 0 bridgehead atoms. The van der Waals surface area contributed by atoms with E-state index in [1.54, 1.807) is 0 Å². The number of carbonyl (C=O) groups is 3. The number of primary amides is 1. The second-order valence-corrected chi connectivity index (χ2v) is 5.96. The molecule has 1 fully saturated rings. The molecule has 1 aromatic carbocycles. The fourth-order valence-electron chi connectivity index (χ4n) is 1.94. The minimum Gasteiger partial charge on any atom is -0.493 e. The zero-order valence-electron chi connectivity index (χ0n) is 13.7. The van der Waals surface area contributed by atoms with Crippen molar-refractivity contribution >= 4 is 29.4 Å². The molecule has 3 N–H and O–H groups in total. The van der Waals surface area contributed by atoms with Gasteiger partial charge in [-0.25, -0.2) is 0 Å². The number of esters is 1. The Balaban J connectivity index is 1.97. The van der Waals surface area contributed by atoms with Crippen LogP contribution in [0, 0.1) is 5.92 Å². The summed E-state index contributed by atoms with van der Waals surface area (Å²) in [6.45, 7) is -0.236. The predicted octanol–water partition coefficient (Wildman–Crippen LogP) is 0.896. The Hall–Kier alpha value is -2.48. The summed E-state index contributed by atoms with van der Waals surface area (Å²) in [6.07, 6.45) is 2.14. The molecule has 8 nitrogen and oxygen atoms in total. The average Bonchev–Trinajstić information content (AvgIpc) is 3.40. The third kappa shape index (κ3) is 5.82. The topological polar surface area (TPSA) is 117 Å².